The van der Waals surface area contributed by atoms with Gasteiger partial charge in [0.2, 0.25) is 0 Å². The standard InChI is InChI=1S/C13H21N3S.HI/c1-9-5-10(2)7-12(6-9)16-13(14)15-8-11(3)17-4;/h5-7,11H,8H2,1-4H3,(H3,14,15,16);1H. The van der Waals surface area contributed by atoms with Gasteiger partial charge >= 0.3 is 0 Å². The number of benzene rings is 1. The van der Waals surface area contributed by atoms with Gasteiger partial charge in [0, 0.05) is 10.9 Å². The Morgan fingerprint density at radius 1 is 1.33 bits per heavy atom. The minimum absolute atomic E-state index is 0. The minimum atomic E-state index is 0. The van der Waals surface area contributed by atoms with E-state index >= 15 is 0 Å². The molecular formula is C13H22IN3S. The first-order chi connectivity index (χ1) is 8.01. The van der Waals surface area contributed by atoms with Crippen molar-refractivity contribution in [2.75, 3.05) is 18.1 Å². The van der Waals surface area contributed by atoms with Crippen LogP contribution in [0.3, 0.4) is 0 Å². The summed E-state index contributed by atoms with van der Waals surface area (Å²) in [7, 11) is 0. The third-order valence-electron chi connectivity index (χ3n) is 2.42. The minimum Gasteiger partial charge on any atom is -0.370 e. The van der Waals surface area contributed by atoms with E-state index in [9.17, 15) is 0 Å². The molecule has 0 aliphatic carbocycles. The predicted molar refractivity (Wildman–Crippen MR) is 94.4 cm³/mol. The number of nitrogens with one attached hydrogen (secondary N) is 1. The van der Waals surface area contributed by atoms with Gasteiger partial charge in [-0.05, 0) is 43.4 Å². The number of aliphatic imine (C=N–C) groups is 1. The average Bonchev–Trinajstić information content (AvgIpc) is 2.24. The molecule has 1 unspecified atom stereocenters. The summed E-state index contributed by atoms with van der Waals surface area (Å²) in [6.45, 7) is 7.02. The third-order valence-corrected chi connectivity index (χ3v) is 3.37. The molecule has 0 fully saturated rings. The summed E-state index contributed by atoms with van der Waals surface area (Å²) in [6, 6.07) is 6.26. The van der Waals surface area contributed by atoms with Crippen LogP contribution in [0, 0.1) is 13.8 Å². The first-order valence-corrected chi connectivity index (χ1v) is 6.98. The van der Waals surface area contributed by atoms with Crippen molar-refractivity contribution in [2.45, 2.75) is 26.0 Å². The van der Waals surface area contributed by atoms with Gasteiger partial charge in [-0.3, -0.25) is 4.99 Å². The Labute approximate surface area is 131 Å². The smallest absolute Gasteiger partial charge is 0.193 e. The molecule has 102 valence electrons. The molecule has 0 aliphatic rings. The van der Waals surface area contributed by atoms with Crippen molar-refractivity contribution in [2.24, 2.45) is 10.7 Å². The molecule has 3 nitrogen and oxygen atoms in total. The van der Waals surface area contributed by atoms with Gasteiger partial charge in [-0.25, -0.2) is 0 Å². The van der Waals surface area contributed by atoms with E-state index < -0.39 is 0 Å². The van der Waals surface area contributed by atoms with Crippen molar-refractivity contribution in [1.82, 2.24) is 0 Å². The number of hydrogen-bond acceptors (Lipinski definition) is 2. The van der Waals surface area contributed by atoms with Gasteiger partial charge in [-0.2, -0.15) is 11.8 Å². The van der Waals surface area contributed by atoms with Crippen molar-refractivity contribution < 1.29 is 0 Å². The van der Waals surface area contributed by atoms with E-state index in [1.54, 1.807) is 11.8 Å². The number of nitrogens with zero attached hydrogens (tertiary/aromatic N) is 1. The predicted octanol–water partition coefficient (Wildman–Crippen LogP) is 3.40. The Morgan fingerprint density at radius 2 is 1.89 bits per heavy atom. The van der Waals surface area contributed by atoms with Crippen LogP contribution in [-0.4, -0.2) is 24.0 Å². The third kappa shape index (κ3) is 6.49. The van der Waals surface area contributed by atoms with Gasteiger partial charge in [0.15, 0.2) is 5.96 Å². The fraction of sp³-hybridized carbons (Fsp3) is 0.462. The second-order valence-corrected chi connectivity index (χ2v) is 5.55. The second-order valence-electron chi connectivity index (χ2n) is 4.27. The van der Waals surface area contributed by atoms with Crippen LogP contribution in [0.4, 0.5) is 5.69 Å². The van der Waals surface area contributed by atoms with E-state index in [1.165, 1.54) is 11.1 Å². The first kappa shape index (κ1) is 17.6. The molecule has 18 heavy (non-hydrogen) atoms. The first-order valence-electron chi connectivity index (χ1n) is 5.69. The maximum Gasteiger partial charge on any atom is 0.193 e. The van der Waals surface area contributed by atoms with Gasteiger partial charge in [-0.15, -0.1) is 24.0 Å². The molecule has 3 N–H and O–H groups in total. The average molecular weight is 379 g/mol. The quantitative estimate of drug-likeness (QED) is 0.479. The summed E-state index contributed by atoms with van der Waals surface area (Å²) in [5.74, 6) is 0.482. The fourth-order valence-electron chi connectivity index (χ4n) is 1.54. The highest BCUT2D eigenvalue weighted by atomic mass is 127. The highest BCUT2D eigenvalue weighted by molar-refractivity contribution is 14.0. The molecule has 1 aromatic carbocycles. The van der Waals surface area contributed by atoms with Crippen LogP contribution in [0.2, 0.25) is 0 Å². The summed E-state index contributed by atoms with van der Waals surface area (Å²) in [6.07, 6.45) is 2.08. The number of aryl methyl sites for hydroxylation is 2. The van der Waals surface area contributed by atoms with Gasteiger partial charge in [0.05, 0.1) is 6.54 Å². The molecule has 0 aliphatic heterocycles. The van der Waals surface area contributed by atoms with E-state index in [0.717, 1.165) is 12.2 Å². The zero-order valence-electron chi connectivity index (χ0n) is 11.4. The Morgan fingerprint density at radius 3 is 2.39 bits per heavy atom. The number of halogens is 1. The molecule has 0 amide bonds. The number of thioether (sulfide) groups is 1. The van der Waals surface area contributed by atoms with Gasteiger partial charge in [0.25, 0.3) is 0 Å². The van der Waals surface area contributed by atoms with E-state index in [4.69, 9.17) is 5.73 Å². The maximum atomic E-state index is 5.84. The van der Waals surface area contributed by atoms with Crippen molar-refractivity contribution in [3.63, 3.8) is 0 Å². The topological polar surface area (TPSA) is 50.4 Å². The molecule has 1 aromatic rings. The summed E-state index contributed by atoms with van der Waals surface area (Å²) < 4.78 is 0. The molecule has 0 radical (unpaired) electrons. The number of rotatable bonds is 4. The van der Waals surface area contributed by atoms with Crippen LogP contribution in [-0.2, 0) is 0 Å². The maximum absolute atomic E-state index is 5.84. The summed E-state index contributed by atoms with van der Waals surface area (Å²) >= 11 is 1.79. The Hall–Kier alpha value is -0.430. The van der Waals surface area contributed by atoms with Crippen molar-refractivity contribution in [1.29, 1.82) is 0 Å². The Balaban J connectivity index is 0.00000289. The van der Waals surface area contributed by atoms with E-state index in [2.05, 4.69) is 55.5 Å². The van der Waals surface area contributed by atoms with E-state index in [-0.39, 0.29) is 24.0 Å². The zero-order valence-corrected chi connectivity index (χ0v) is 14.5. The lowest BCUT2D eigenvalue weighted by Crippen LogP contribution is -2.24. The van der Waals surface area contributed by atoms with Crippen LogP contribution in [0.5, 0.6) is 0 Å². The normalized spacial score (nSPS) is 12.8. The molecule has 0 spiro atoms. The molecule has 0 saturated carbocycles. The van der Waals surface area contributed by atoms with Crippen molar-refractivity contribution >= 4 is 47.4 Å². The van der Waals surface area contributed by atoms with Gasteiger partial charge < -0.3 is 11.1 Å². The summed E-state index contributed by atoms with van der Waals surface area (Å²) in [4.78, 5) is 4.31. The molecule has 0 saturated heterocycles. The number of hydrogen-bond donors (Lipinski definition) is 2. The van der Waals surface area contributed by atoms with Crippen molar-refractivity contribution in [3.8, 4) is 0 Å². The SMILES string of the molecule is CSC(C)CN=C(N)Nc1cc(C)cc(C)c1.I. The molecule has 1 atom stereocenters. The lowest BCUT2D eigenvalue weighted by atomic mass is 10.1. The fourth-order valence-corrected chi connectivity index (χ4v) is 1.76. The van der Waals surface area contributed by atoms with Crippen LogP contribution >= 0.6 is 35.7 Å². The lowest BCUT2D eigenvalue weighted by Gasteiger charge is -2.09. The molecule has 0 heterocycles. The molecule has 0 bridgehead atoms. The zero-order chi connectivity index (χ0) is 12.8. The van der Waals surface area contributed by atoms with Crippen LogP contribution in [0.25, 0.3) is 0 Å². The molecular weight excluding hydrogens is 357 g/mol. The summed E-state index contributed by atoms with van der Waals surface area (Å²) in [5, 5.41) is 3.62. The molecule has 0 aromatic heterocycles. The largest absolute Gasteiger partial charge is 0.370 e. The Bertz CT molecular complexity index is 387. The second kappa shape index (κ2) is 8.63. The van der Waals surface area contributed by atoms with E-state index in [0.29, 0.717) is 11.2 Å². The van der Waals surface area contributed by atoms with Gasteiger partial charge in [-0.1, -0.05) is 13.0 Å². The highest BCUT2D eigenvalue weighted by Gasteiger charge is 2.00. The van der Waals surface area contributed by atoms with Crippen LogP contribution in [0.15, 0.2) is 23.2 Å². The number of nitrogens with two attached hydrogens (primary N) is 1. The molecule has 5 heteroatoms. The molecule has 1 rings (SSSR count). The summed E-state index contributed by atoms with van der Waals surface area (Å²) in [5.41, 5.74) is 9.28. The Kier molecular flexibility index (Phi) is 8.43. The number of guanidine groups is 1. The monoisotopic (exact) mass is 379 g/mol. The van der Waals surface area contributed by atoms with Gasteiger partial charge in [0.1, 0.15) is 0 Å². The lowest BCUT2D eigenvalue weighted by molar-refractivity contribution is 0.951. The van der Waals surface area contributed by atoms with Crippen LogP contribution < -0.4 is 11.1 Å². The van der Waals surface area contributed by atoms with E-state index in [1.807, 2.05) is 0 Å². The highest BCUT2D eigenvalue weighted by Crippen LogP contribution is 2.13. The number of anilines is 1. The van der Waals surface area contributed by atoms with Crippen LogP contribution in [0.1, 0.15) is 18.1 Å². The van der Waals surface area contributed by atoms with Crippen molar-refractivity contribution in [3.05, 3.63) is 29.3 Å².